The van der Waals surface area contributed by atoms with Crippen molar-refractivity contribution in [2.24, 2.45) is 7.05 Å². The van der Waals surface area contributed by atoms with Crippen LogP contribution in [0.2, 0.25) is 0 Å². The number of nitrogens with zero attached hydrogens (tertiary/aromatic N) is 2. The quantitative estimate of drug-likeness (QED) is 0.872. The third-order valence-electron chi connectivity index (χ3n) is 2.67. The molecule has 0 saturated heterocycles. The molecule has 2 N–H and O–H groups in total. The molecule has 0 amide bonds. The summed E-state index contributed by atoms with van der Waals surface area (Å²) in [5.41, 5.74) is 0.303. The second-order valence-electron chi connectivity index (χ2n) is 3.97. The van der Waals surface area contributed by atoms with Crippen LogP contribution in [0.25, 0.3) is 0 Å². The van der Waals surface area contributed by atoms with Gasteiger partial charge in [0.05, 0.1) is 0 Å². The Bertz CT molecular complexity index is 622. The SMILES string of the molecule is CCNCc1c(F)cccc1Sc1n[nH]c(=O)n1C. The van der Waals surface area contributed by atoms with Crippen LogP contribution in [0.5, 0.6) is 0 Å². The Hall–Kier alpha value is -1.60. The van der Waals surface area contributed by atoms with E-state index in [1.165, 1.54) is 22.4 Å². The molecule has 102 valence electrons. The zero-order valence-electron chi connectivity index (χ0n) is 10.7. The molecule has 0 unspecified atom stereocenters. The highest BCUT2D eigenvalue weighted by molar-refractivity contribution is 7.99. The summed E-state index contributed by atoms with van der Waals surface area (Å²) in [5, 5.41) is 9.88. The van der Waals surface area contributed by atoms with Gasteiger partial charge in [-0.2, -0.15) is 0 Å². The lowest BCUT2D eigenvalue weighted by molar-refractivity contribution is 0.585. The number of hydrogen-bond donors (Lipinski definition) is 2. The summed E-state index contributed by atoms with van der Waals surface area (Å²) in [5.74, 6) is -0.258. The molecule has 1 aromatic heterocycles. The maximum absolute atomic E-state index is 13.8. The Kier molecular flexibility index (Phi) is 4.39. The van der Waals surface area contributed by atoms with Crippen LogP contribution >= 0.6 is 11.8 Å². The second-order valence-corrected chi connectivity index (χ2v) is 4.98. The van der Waals surface area contributed by atoms with E-state index < -0.39 is 0 Å². The largest absolute Gasteiger partial charge is 0.343 e. The van der Waals surface area contributed by atoms with Crippen molar-refractivity contribution in [1.82, 2.24) is 20.1 Å². The molecule has 7 heteroatoms. The molecule has 0 atom stereocenters. The highest BCUT2D eigenvalue weighted by Crippen LogP contribution is 2.29. The van der Waals surface area contributed by atoms with Crippen molar-refractivity contribution in [3.63, 3.8) is 0 Å². The van der Waals surface area contributed by atoms with E-state index in [0.717, 1.165) is 11.4 Å². The molecule has 0 radical (unpaired) electrons. The molecule has 19 heavy (non-hydrogen) atoms. The molecule has 0 fully saturated rings. The fourth-order valence-electron chi connectivity index (χ4n) is 1.58. The van der Waals surface area contributed by atoms with Gasteiger partial charge in [0, 0.05) is 24.1 Å². The van der Waals surface area contributed by atoms with Crippen LogP contribution in [0.3, 0.4) is 0 Å². The molecule has 5 nitrogen and oxygen atoms in total. The van der Waals surface area contributed by atoms with Gasteiger partial charge >= 0.3 is 5.69 Å². The number of nitrogens with one attached hydrogen (secondary N) is 2. The van der Waals surface area contributed by atoms with Crippen LogP contribution in [0, 0.1) is 5.82 Å². The fourth-order valence-corrected chi connectivity index (χ4v) is 2.53. The van der Waals surface area contributed by atoms with Gasteiger partial charge in [0.1, 0.15) is 5.82 Å². The molecule has 2 rings (SSSR count). The summed E-state index contributed by atoms with van der Waals surface area (Å²) in [6.07, 6.45) is 0. The van der Waals surface area contributed by atoms with Crippen molar-refractivity contribution >= 4 is 11.8 Å². The van der Waals surface area contributed by atoms with E-state index in [-0.39, 0.29) is 11.5 Å². The van der Waals surface area contributed by atoms with E-state index in [1.54, 1.807) is 13.1 Å². The van der Waals surface area contributed by atoms with Gasteiger partial charge in [-0.25, -0.2) is 14.3 Å². The number of aromatic amines is 1. The number of aromatic nitrogens is 3. The summed E-state index contributed by atoms with van der Waals surface area (Å²) in [6.45, 7) is 3.17. The van der Waals surface area contributed by atoms with E-state index in [2.05, 4.69) is 15.5 Å². The minimum Gasteiger partial charge on any atom is -0.313 e. The number of H-pyrrole nitrogens is 1. The van der Waals surface area contributed by atoms with Gasteiger partial charge in [0.15, 0.2) is 5.16 Å². The Morgan fingerprint density at radius 1 is 1.53 bits per heavy atom. The molecule has 0 aliphatic heterocycles. The molecular formula is C12H15FN4OS. The van der Waals surface area contributed by atoms with Gasteiger partial charge in [-0.05, 0) is 30.4 Å². The maximum Gasteiger partial charge on any atom is 0.343 e. The number of benzene rings is 1. The molecule has 1 heterocycles. The Morgan fingerprint density at radius 3 is 2.95 bits per heavy atom. The van der Waals surface area contributed by atoms with Gasteiger partial charge in [-0.3, -0.25) is 4.57 Å². The lowest BCUT2D eigenvalue weighted by atomic mass is 10.2. The molecule has 0 spiro atoms. The summed E-state index contributed by atoms with van der Waals surface area (Å²) in [7, 11) is 1.62. The average Bonchev–Trinajstić information content (AvgIpc) is 2.70. The fraction of sp³-hybridized carbons (Fsp3) is 0.333. The zero-order valence-corrected chi connectivity index (χ0v) is 11.6. The Labute approximate surface area is 114 Å². The van der Waals surface area contributed by atoms with E-state index in [9.17, 15) is 9.18 Å². The lowest BCUT2D eigenvalue weighted by Crippen LogP contribution is -2.14. The van der Waals surface area contributed by atoms with E-state index >= 15 is 0 Å². The predicted molar refractivity (Wildman–Crippen MR) is 71.7 cm³/mol. The minimum atomic E-state index is -0.285. The van der Waals surface area contributed by atoms with Crippen LogP contribution in [0.15, 0.2) is 33.0 Å². The van der Waals surface area contributed by atoms with Crippen LogP contribution in [0.1, 0.15) is 12.5 Å². The summed E-state index contributed by atoms with van der Waals surface area (Å²) < 4.78 is 15.2. The first-order valence-corrected chi connectivity index (χ1v) is 6.72. The van der Waals surface area contributed by atoms with Crippen molar-refractivity contribution in [2.45, 2.75) is 23.5 Å². The maximum atomic E-state index is 13.8. The first kappa shape index (κ1) is 13.8. The smallest absolute Gasteiger partial charge is 0.313 e. The third kappa shape index (κ3) is 3.05. The topological polar surface area (TPSA) is 62.7 Å². The Balaban J connectivity index is 2.31. The van der Waals surface area contributed by atoms with Crippen LogP contribution in [-0.4, -0.2) is 21.3 Å². The first-order chi connectivity index (χ1) is 9.13. The molecule has 0 aliphatic carbocycles. The molecule has 0 aliphatic rings. The molecule has 2 aromatic rings. The number of hydrogen-bond acceptors (Lipinski definition) is 4. The predicted octanol–water partition coefficient (Wildman–Crippen LogP) is 1.51. The normalized spacial score (nSPS) is 10.9. The first-order valence-electron chi connectivity index (χ1n) is 5.90. The van der Waals surface area contributed by atoms with Gasteiger partial charge in [0.25, 0.3) is 0 Å². The van der Waals surface area contributed by atoms with Crippen molar-refractivity contribution in [1.29, 1.82) is 0 Å². The van der Waals surface area contributed by atoms with Gasteiger partial charge in [0.2, 0.25) is 0 Å². The monoisotopic (exact) mass is 282 g/mol. The van der Waals surface area contributed by atoms with Crippen LogP contribution in [-0.2, 0) is 13.6 Å². The second kappa shape index (κ2) is 6.03. The van der Waals surface area contributed by atoms with E-state index in [4.69, 9.17) is 0 Å². The molecule has 1 aromatic carbocycles. The zero-order chi connectivity index (χ0) is 13.8. The highest BCUT2D eigenvalue weighted by atomic mass is 32.2. The molecular weight excluding hydrogens is 267 g/mol. The van der Waals surface area contributed by atoms with Crippen molar-refractivity contribution < 1.29 is 4.39 Å². The van der Waals surface area contributed by atoms with Crippen molar-refractivity contribution in [3.8, 4) is 0 Å². The number of halogens is 1. The van der Waals surface area contributed by atoms with E-state index in [1.807, 2.05) is 13.0 Å². The van der Waals surface area contributed by atoms with Gasteiger partial charge in [-0.1, -0.05) is 13.0 Å². The van der Waals surface area contributed by atoms with E-state index in [0.29, 0.717) is 17.3 Å². The number of rotatable bonds is 5. The van der Waals surface area contributed by atoms with Crippen LogP contribution in [0.4, 0.5) is 4.39 Å². The lowest BCUT2D eigenvalue weighted by Gasteiger charge is -2.09. The summed E-state index contributed by atoms with van der Waals surface area (Å²) in [6, 6.07) is 4.90. The van der Waals surface area contributed by atoms with Crippen molar-refractivity contribution in [3.05, 3.63) is 40.1 Å². The minimum absolute atomic E-state index is 0.258. The highest BCUT2D eigenvalue weighted by Gasteiger charge is 2.12. The Morgan fingerprint density at radius 2 is 2.32 bits per heavy atom. The average molecular weight is 282 g/mol. The van der Waals surface area contributed by atoms with Gasteiger partial charge in [-0.15, -0.1) is 5.10 Å². The summed E-state index contributed by atoms with van der Waals surface area (Å²) in [4.78, 5) is 12.1. The standard InChI is InChI=1S/C12H15FN4OS/c1-3-14-7-8-9(13)5-4-6-10(8)19-12-16-15-11(18)17(12)2/h4-6,14H,3,7H2,1-2H3,(H,15,18). The summed E-state index contributed by atoms with van der Waals surface area (Å²) >= 11 is 1.27. The third-order valence-corrected chi connectivity index (χ3v) is 3.82. The molecule has 0 bridgehead atoms. The van der Waals surface area contributed by atoms with Gasteiger partial charge < -0.3 is 5.32 Å². The van der Waals surface area contributed by atoms with Crippen molar-refractivity contribution in [2.75, 3.05) is 6.54 Å². The van der Waals surface area contributed by atoms with Crippen LogP contribution < -0.4 is 11.0 Å². The molecule has 0 saturated carbocycles.